The van der Waals surface area contributed by atoms with E-state index in [1.807, 2.05) is 12.1 Å². The van der Waals surface area contributed by atoms with Crippen LogP contribution in [-0.2, 0) is 16.1 Å². The number of ether oxygens (including phenoxy) is 1. The lowest BCUT2D eigenvalue weighted by Gasteiger charge is -2.34. The van der Waals surface area contributed by atoms with Crippen molar-refractivity contribution in [3.63, 3.8) is 0 Å². The van der Waals surface area contributed by atoms with Crippen molar-refractivity contribution < 1.29 is 27.5 Å². The molecule has 0 bridgehead atoms. The van der Waals surface area contributed by atoms with E-state index in [0.717, 1.165) is 31.6 Å². The SMILES string of the molecule is O=C(Nc1ccc(Cl)cn1)c1ccccc1NCC1CCN(c2ccnc(COC(=O)C(F)(F)F)c2)CC1. The third-order valence-corrected chi connectivity index (χ3v) is 6.31. The van der Waals surface area contributed by atoms with Crippen LogP contribution >= 0.6 is 11.6 Å². The third-order valence-electron chi connectivity index (χ3n) is 6.08. The smallest absolute Gasteiger partial charge is 0.453 e. The molecule has 4 rings (SSSR count). The van der Waals surface area contributed by atoms with Crippen molar-refractivity contribution in [2.24, 2.45) is 5.92 Å². The number of halogens is 4. The molecular weight excluding hydrogens is 523 g/mol. The van der Waals surface area contributed by atoms with Crippen LogP contribution in [0.3, 0.4) is 0 Å². The average Bonchev–Trinajstić information content (AvgIpc) is 2.92. The molecule has 200 valence electrons. The van der Waals surface area contributed by atoms with Crippen molar-refractivity contribution in [2.45, 2.75) is 25.6 Å². The summed E-state index contributed by atoms with van der Waals surface area (Å²) in [6, 6.07) is 13.9. The van der Waals surface area contributed by atoms with Gasteiger partial charge in [-0.1, -0.05) is 23.7 Å². The maximum Gasteiger partial charge on any atom is 0.490 e. The minimum absolute atomic E-state index is 0.243. The number of alkyl halides is 3. The Labute approximate surface area is 222 Å². The molecule has 0 spiro atoms. The molecule has 1 saturated heterocycles. The van der Waals surface area contributed by atoms with Crippen molar-refractivity contribution >= 4 is 40.7 Å². The summed E-state index contributed by atoms with van der Waals surface area (Å²) in [6.07, 6.45) is -0.344. The van der Waals surface area contributed by atoms with Crippen LogP contribution in [0.2, 0.25) is 5.02 Å². The van der Waals surface area contributed by atoms with Crippen molar-refractivity contribution in [1.82, 2.24) is 9.97 Å². The van der Waals surface area contributed by atoms with E-state index in [1.165, 1.54) is 12.4 Å². The predicted octanol–water partition coefficient (Wildman–Crippen LogP) is 5.32. The zero-order valence-corrected chi connectivity index (χ0v) is 20.9. The Morgan fingerprint density at radius 3 is 2.55 bits per heavy atom. The van der Waals surface area contributed by atoms with Crippen LogP contribution in [-0.4, -0.2) is 47.7 Å². The summed E-state index contributed by atoms with van der Waals surface area (Å²) >= 11 is 5.85. The van der Waals surface area contributed by atoms with Gasteiger partial charge in [0.05, 0.1) is 16.3 Å². The predicted molar refractivity (Wildman–Crippen MR) is 137 cm³/mol. The number of amides is 1. The van der Waals surface area contributed by atoms with Crippen LogP contribution in [0.5, 0.6) is 0 Å². The molecule has 12 heteroatoms. The van der Waals surface area contributed by atoms with Gasteiger partial charge in [0.15, 0.2) is 0 Å². The minimum atomic E-state index is -5.04. The highest BCUT2D eigenvalue weighted by atomic mass is 35.5. The summed E-state index contributed by atoms with van der Waals surface area (Å²) in [4.78, 5) is 34.0. The molecule has 1 aliphatic heterocycles. The Kier molecular flexibility index (Phi) is 8.67. The van der Waals surface area contributed by atoms with Crippen molar-refractivity contribution in [1.29, 1.82) is 0 Å². The Bertz CT molecular complexity index is 1270. The van der Waals surface area contributed by atoms with E-state index in [-0.39, 0.29) is 11.6 Å². The summed E-state index contributed by atoms with van der Waals surface area (Å²) in [5.74, 6) is -1.76. The van der Waals surface area contributed by atoms with Gasteiger partial charge in [0.1, 0.15) is 12.4 Å². The van der Waals surface area contributed by atoms with Gasteiger partial charge in [0.25, 0.3) is 5.91 Å². The second kappa shape index (κ2) is 12.1. The second-order valence-corrected chi connectivity index (χ2v) is 9.19. The number of para-hydroxylation sites is 1. The first-order valence-electron chi connectivity index (χ1n) is 11.9. The van der Waals surface area contributed by atoms with Gasteiger partial charge in [-0.3, -0.25) is 9.78 Å². The van der Waals surface area contributed by atoms with E-state index >= 15 is 0 Å². The summed E-state index contributed by atoms with van der Waals surface area (Å²) in [5, 5.41) is 6.64. The molecule has 38 heavy (non-hydrogen) atoms. The Balaban J connectivity index is 1.28. The summed E-state index contributed by atoms with van der Waals surface area (Å²) < 4.78 is 41.4. The lowest BCUT2D eigenvalue weighted by molar-refractivity contribution is -0.201. The number of rotatable bonds is 8. The number of hydrogen-bond donors (Lipinski definition) is 2. The number of pyridine rings is 2. The molecule has 1 fully saturated rings. The van der Waals surface area contributed by atoms with Crippen LogP contribution in [0.1, 0.15) is 28.9 Å². The molecule has 0 atom stereocenters. The number of hydrogen-bond acceptors (Lipinski definition) is 7. The number of carbonyl (C=O) groups is 2. The first kappa shape index (κ1) is 27.2. The normalized spacial score (nSPS) is 14.2. The fourth-order valence-electron chi connectivity index (χ4n) is 4.08. The molecule has 3 heterocycles. The highest BCUT2D eigenvalue weighted by Gasteiger charge is 2.41. The maximum absolute atomic E-state index is 12.8. The van der Waals surface area contributed by atoms with Gasteiger partial charge in [0, 0.05) is 43.4 Å². The maximum atomic E-state index is 12.8. The summed E-state index contributed by atoms with van der Waals surface area (Å²) in [5.41, 5.74) is 2.26. The van der Waals surface area contributed by atoms with E-state index < -0.39 is 18.8 Å². The zero-order chi connectivity index (χ0) is 27.1. The number of nitrogens with zero attached hydrogens (tertiary/aromatic N) is 3. The lowest BCUT2D eigenvalue weighted by Crippen LogP contribution is -2.36. The Hall–Kier alpha value is -3.86. The minimum Gasteiger partial charge on any atom is -0.453 e. The molecule has 0 saturated carbocycles. The number of carbonyl (C=O) groups excluding carboxylic acids is 2. The molecule has 0 radical (unpaired) electrons. The molecule has 0 aliphatic carbocycles. The largest absolute Gasteiger partial charge is 0.490 e. The van der Waals surface area contributed by atoms with Crippen LogP contribution < -0.4 is 15.5 Å². The zero-order valence-electron chi connectivity index (χ0n) is 20.2. The van der Waals surface area contributed by atoms with Crippen molar-refractivity contribution in [2.75, 3.05) is 35.2 Å². The number of benzene rings is 1. The van der Waals surface area contributed by atoms with E-state index in [1.54, 1.807) is 36.4 Å². The van der Waals surface area contributed by atoms with Gasteiger partial charge >= 0.3 is 12.1 Å². The number of nitrogens with one attached hydrogen (secondary N) is 2. The fraction of sp³-hybridized carbons (Fsp3) is 0.308. The van der Waals surface area contributed by atoms with Gasteiger partial charge in [-0.15, -0.1) is 0 Å². The Morgan fingerprint density at radius 1 is 1.08 bits per heavy atom. The summed E-state index contributed by atoms with van der Waals surface area (Å²) in [6.45, 7) is 1.60. The average molecular weight is 548 g/mol. The van der Waals surface area contributed by atoms with Crippen LogP contribution in [0.15, 0.2) is 60.9 Å². The highest BCUT2D eigenvalue weighted by Crippen LogP contribution is 2.26. The highest BCUT2D eigenvalue weighted by molar-refractivity contribution is 6.30. The van der Waals surface area contributed by atoms with Crippen molar-refractivity contribution in [3.8, 4) is 0 Å². The van der Waals surface area contributed by atoms with Crippen LogP contribution in [0.4, 0.5) is 30.4 Å². The standard InChI is InChI=1S/C26H25ClF3N5O3/c27-18-5-6-23(33-15-18)34-24(36)21-3-1-2-4-22(21)32-14-17-8-11-35(12-9-17)20-7-10-31-19(13-20)16-38-25(37)26(28,29)30/h1-7,10,13,15,17,32H,8-9,11-12,14,16H2,(H,33,34,36). The molecule has 1 aromatic carbocycles. The number of anilines is 3. The molecule has 3 aromatic rings. The monoisotopic (exact) mass is 547 g/mol. The van der Waals surface area contributed by atoms with E-state index in [2.05, 4.69) is 30.2 Å². The van der Waals surface area contributed by atoms with Crippen LogP contribution in [0.25, 0.3) is 0 Å². The topological polar surface area (TPSA) is 96.5 Å². The van der Waals surface area contributed by atoms with Gasteiger partial charge in [0.2, 0.25) is 0 Å². The molecule has 2 aromatic heterocycles. The van der Waals surface area contributed by atoms with E-state index in [4.69, 9.17) is 11.6 Å². The quantitative estimate of drug-likeness (QED) is 0.369. The first-order chi connectivity index (χ1) is 18.2. The third kappa shape index (κ3) is 7.34. The summed E-state index contributed by atoms with van der Waals surface area (Å²) in [7, 11) is 0. The number of esters is 1. The van der Waals surface area contributed by atoms with Gasteiger partial charge < -0.3 is 20.3 Å². The van der Waals surface area contributed by atoms with Gasteiger partial charge in [-0.05, 0) is 55.2 Å². The lowest BCUT2D eigenvalue weighted by atomic mass is 9.96. The van der Waals surface area contributed by atoms with Gasteiger partial charge in [-0.2, -0.15) is 13.2 Å². The first-order valence-corrected chi connectivity index (χ1v) is 12.3. The molecule has 8 nitrogen and oxygen atoms in total. The number of aromatic nitrogens is 2. The van der Waals surface area contributed by atoms with Crippen LogP contribution in [0, 0.1) is 5.92 Å². The molecule has 1 aliphatic rings. The van der Waals surface area contributed by atoms with Gasteiger partial charge in [-0.25, -0.2) is 9.78 Å². The number of piperidine rings is 1. The van der Waals surface area contributed by atoms with E-state index in [0.29, 0.717) is 34.6 Å². The fourth-order valence-corrected chi connectivity index (χ4v) is 4.19. The van der Waals surface area contributed by atoms with E-state index in [9.17, 15) is 22.8 Å². The molecule has 1 amide bonds. The molecule has 2 N–H and O–H groups in total. The Morgan fingerprint density at radius 2 is 1.84 bits per heavy atom. The second-order valence-electron chi connectivity index (χ2n) is 8.75. The molecular formula is C26H25ClF3N5O3. The van der Waals surface area contributed by atoms with Crippen molar-refractivity contribution in [3.05, 3.63) is 77.2 Å². The molecule has 0 unspecified atom stereocenters.